The van der Waals surface area contributed by atoms with Gasteiger partial charge in [-0.25, -0.2) is 4.98 Å². The predicted octanol–water partition coefficient (Wildman–Crippen LogP) is 4.31. The third kappa shape index (κ3) is 3.80. The number of nitrogens with one attached hydrogen (secondary N) is 1. The molecule has 33 heavy (non-hydrogen) atoms. The number of nitrogens with zero attached hydrogens (tertiary/aromatic N) is 4. The molecule has 0 bridgehead atoms. The second-order valence-corrected chi connectivity index (χ2v) is 9.12. The van der Waals surface area contributed by atoms with E-state index >= 15 is 0 Å². The number of hydrogen-bond donors (Lipinski definition) is 1. The van der Waals surface area contributed by atoms with Gasteiger partial charge in [-0.1, -0.05) is 11.3 Å². The highest BCUT2D eigenvalue weighted by molar-refractivity contribution is 7.20. The van der Waals surface area contributed by atoms with Crippen molar-refractivity contribution in [3.63, 3.8) is 0 Å². The number of anilines is 2. The quantitative estimate of drug-likeness (QED) is 0.459. The molecule has 4 aromatic rings. The van der Waals surface area contributed by atoms with Gasteiger partial charge in [0, 0.05) is 24.5 Å². The molecular formula is C24H21N5O3S. The van der Waals surface area contributed by atoms with Crippen molar-refractivity contribution >= 4 is 50.8 Å². The summed E-state index contributed by atoms with van der Waals surface area (Å²) in [5.74, 6) is -0.260. The highest BCUT2D eigenvalue weighted by atomic mass is 32.1. The second-order valence-electron chi connectivity index (χ2n) is 8.11. The number of rotatable bonds is 4. The Bertz CT molecular complexity index is 1380. The van der Waals surface area contributed by atoms with Gasteiger partial charge >= 0.3 is 0 Å². The average molecular weight is 460 g/mol. The molecule has 3 amide bonds. The van der Waals surface area contributed by atoms with E-state index in [1.807, 2.05) is 6.92 Å². The van der Waals surface area contributed by atoms with E-state index in [0.29, 0.717) is 22.2 Å². The number of carbonyl (C=O) groups is 3. The van der Waals surface area contributed by atoms with Gasteiger partial charge in [0.25, 0.3) is 5.91 Å². The van der Waals surface area contributed by atoms with Crippen LogP contribution in [0.4, 0.5) is 11.5 Å². The summed E-state index contributed by atoms with van der Waals surface area (Å²) in [6.45, 7) is 5.98. The second kappa shape index (κ2) is 7.93. The van der Waals surface area contributed by atoms with Crippen LogP contribution in [-0.2, 0) is 9.59 Å². The number of thiazole rings is 1. The predicted molar refractivity (Wildman–Crippen MR) is 127 cm³/mol. The molecule has 5 rings (SSSR count). The molecule has 1 fully saturated rings. The molecule has 1 aliphatic heterocycles. The van der Waals surface area contributed by atoms with Crippen LogP contribution >= 0.6 is 11.3 Å². The van der Waals surface area contributed by atoms with Gasteiger partial charge in [-0.2, -0.15) is 9.78 Å². The Hall–Kier alpha value is -3.85. The highest BCUT2D eigenvalue weighted by Gasteiger charge is 2.30. The van der Waals surface area contributed by atoms with Gasteiger partial charge in [-0.15, -0.1) is 0 Å². The molecule has 0 saturated carbocycles. The topological polar surface area (TPSA) is 97.2 Å². The lowest BCUT2D eigenvalue weighted by molar-refractivity contribution is -0.121. The third-order valence-corrected chi connectivity index (χ3v) is 6.68. The Kier molecular flexibility index (Phi) is 5.05. The van der Waals surface area contributed by atoms with E-state index in [4.69, 9.17) is 4.98 Å². The lowest BCUT2D eigenvalue weighted by atomic mass is 10.1. The summed E-state index contributed by atoms with van der Waals surface area (Å²) in [5, 5.41) is 8.09. The zero-order valence-electron chi connectivity index (χ0n) is 18.4. The smallest absolute Gasteiger partial charge is 0.256 e. The van der Waals surface area contributed by atoms with E-state index in [-0.39, 0.29) is 30.6 Å². The van der Waals surface area contributed by atoms with Crippen LogP contribution in [0, 0.1) is 20.8 Å². The summed E-state index contributed by atoms with van der Waals surface area (Å²) in [6, 6.07) is 12.4. The number of carbonyl (C=O) groups excluding carboxylic acids is 3. The van der Waals surface area contributed by atoms with Gasteiger partial charge in [0.15, 0.2) is 0 Å². The fraction of sp³-hybridized carbons (Fsp3) is 0.208. The number of aromatic nitrogens is 3. The van der Waals surface area contributed by atoms with Crippen molar-refractivity contribution in [2.24, 2.45) is 0 Å². The molecule has 8 nitrogen and oxygen atoms in total. The molecule has 9 heteroatoms. The van der Waals surface area contributed by atoms with E-state index in [1.165, 1.54) is 22.5 Å². The van der Waals surface area contributed by atoms with Crippen molar-refractivity contribution in [1.82, 2.24) is 14.8 Å². The molecule has 0 radical (unpaired) electrons. The third-order valence-electron chi connectivity index (χ3n) is 5.69. The number of amides is 3. The molecule has 2 aromatic heterocycles. The highest BCUT2D eigenvalue weighted by Crippen LogP contribution is 2.29. The van der Waals surface area contributed by atoms with Crippen LogP contribution in [0.5, 0.6) is 0 Å². The molecule has 0 spiro atoms. The molecule has 0 unspecified atom stereocenters. The Morgan fingerprint density at radius 2 is 1.64 bits per heavy atom. The van der Waals surface area contributed by atoms with Crippen LogP contribution in [0.1, 0.15) is 40.0 Å². The van der Waals surface area contributed by atoms with E-state index < -0.39 is 0 Å². The minimum atomic E-state index is -0.324. The standard InChI is InChI=1S/C24H21N5O3S/c1-13-10-18-19(11-14(13)2)33-24(25-18)29-20(12-15(3)27-29)26-23(32)16-4-6-17(7-5-16)28-21(30)8-9-22(28)31/h4-7,10-12H,8-9H2,1-3H3,(H,26,32). The van der Waals surface area contributed by atoms with Crippen LogP contribution < -0.4 is 10.2 Å². The molecule has 0 aliphatic carbocycles. The normalized spacial score (nSPS) is 13.8. The van der Waals surface area contributed by atoms with Crippen molar-refractivity contribution in [2.45, 2.75) is 33.6 Å². The van der Waals surface area contributed by atoms with Crippen LogP contribution in [0.15, 0.2) is 42.5 Å². The van der Waals surface area contributed by atoms with E-state index in [2.05, 4.69) is 36.4 Å². The maximum atomic E-state index is 12.9. The molecule has 1 aliphatic rings. The fourth-order valence-electron chi connectivity index (χ4n) is 3.81. The SMILES string of the molecule is Cc1cc(NC(=O)c2ccc(N3C(=O)CCC3=O)cc2)n(-c2nc3cc(C)c(C)cc3s2)n1. The summed E-state index contributed by atoms with van der Waals surface area (Å²) in [4.78, 5) is 42.6. The first-order chi connectivity index (χ1) is 15.8. The Balaban J connectivity index is 1.41. The summed E-state index contributed by atoms with van der Waals surface area (Å²) in [6.07, 6.45) is 0.435. The van der Waals surface area contributed by atoms with Crippen molar-refractivity contribution in [3.05, 3.63) is 64.8 Å². The number of hydrogen-bond acceptors (Lipinski definition) is 6. The molecule has 1 N–H and O–H groups in total. The molecular weight excluding hydrogens is 438 g/mol. The van der Waals surface area contributed by atoms with Gasteiger partial charge in [0.05, 0.1) is 21.6 Å². The van der Waals surface area contributed by atoms with Crippen LogP contribution in [0.3, 0.4) is 0 Å². The molecule has 166 valence electrons. The van der Waals surface area contributed by atoms with E-state index in [0.717, 1.165) is 20.8 Å². The Morgan fingerprint density at radius 1 is 0.970 bits per heavy atom. The van der Waals surface area contributed by atoms with E-state index in [1.54, 1.807) is 35.0 Å². The number of benzene rings is 2. The number of fused-ring (bicyclic) bond motifs is 1. The summed E-state index contributed by atoms with van der Waals surface area (Å²) in [5.41, 5.74) is 4.89. The van der Waals surface area contributed by atoms with Crippen molar-refractivity contribution in [3.8, 4) is 5.13 Å². The fourth-order valence-corrected chi connectivity index (χ4v) is 4.82. The lowest BCUT2D eigenvalue weighted by Gasteiger charge is -2.14. The van der Waals surface area contributed by atoms with Crippen LogP contribution in [-0.4, -0.2) is 32.5 Å². The monoisotopic (exact) mass is 459 g/mol. The average Bonchev–Trinajstić information content (AvgIpc) is 3.45. The van der Waals surface area contributed by atoms with Gasteiger partial charge in [0.2, 0.25) is 16.9 Å². The first-order valence-electron chi connectivity index (χ1n) is 10.5. The summed E-state index contributed by atoms with van der Waals surface area (Å²) >= 11 is 1.51. The van der Waals surface area contributed by atoms with Gasteiger partial charge < -0.3 is 5.32 Å². The Morgan fingerprint density at radius 3 is 2.33 bits per heavy atom. The molecule has 3 heterocycles. The number of aryl methyl sites for hydroxylation is 3. The van der Waals surface area contributed by atoms with E-state index in [9.17, 15) is 14.4 Å². The van der Waals surface area contributed by atoms with Gasteiger partial charge in [0.1, 0.15) is 5.82 Å². The van der Waals surface area contributed by atoms with Crippen LogP contribution in [0.25, 0.3) is 15.3 Å². The zero-order chi connectivity index (χ0) is 23.3. The summed E-state index contributed by atoms with van der Waals surface area (Å²) < 4.78 is 2.69. The lowest BCUT2D eigenvalue weighted by Crippen LogP contribution is -2.28. The van der Waals surface area contributed by atoms with Crippen molar-refractivity contribution in [1.29, 1.82) is 0 Å². The maximum absolute atomic E-state index is 12.9. The van der Waals surface area contributed by atoms with Gasteiger partial charge in [-0.05, 0) is 68.3 Å². The Labute approximate surface area is 193 Å². The maximum Gasteiger partial charge on any atom is 0.256 e. The minimum Gasteiger partial charge on any atom is -0.306 e. The van der Waals surface area contributed by atoms with Crippen LogP contribution in [0.2, 0.25) is 0 Å². The summed E-state index contributed by atoms with van der Waals surface area (Å²) in [7, 11) is 0. The number of imide groups is 1. The van der Waals surface area contributed by atoms with Crippen molar-refractivity contribution in [2.75, 3.05) is 10.2 Å². The van der Waals surface area contributed by atoms with Crippen molar-refractivity contribution < 1.29 is 14.4 Å². The largest absolute Gasteiger partial charge is 0.306 e. The molecule has 2 aromatic carbocycles. The first kappa shape index (κ1) is 21.0. The zero-order valence-corrected chi connectivity index (χ0v) is 19.2. The molecule has 0 atom stereocenters. The van der Waals surface area contributed by atoms with Gasteiger partial charge in [-0.3, -0.25) is 19.3 Å². The molecule has 1 saturated heterocycles. The minimum absolute atomic E-state index is 0.218. The first-order valence-corrected chi connectivity index (χ1v) is 11.3.